The van der Waals surface area contributed by atoms with Crippen molar-refractivity contribution >= 4 is 12.4 Å². The molecule has 0 heterocycles. The fourth-order valence-corrected chi connectivity index (χ4v) is 1.92. The van der Waals surface area contributed by atoms with Gasteiger partial charge in [0.25, 0.3) is 0 Å². The Morgan fingerprint density at radius 1 is 1.21 bits per heavy atom. The van der Waals surface area contributed by atoms with E-state index < -0.39 is 11.9 Å². The van der Waals surface area contributed by atoms with Gasteiger partial charge in [0.15, 0.2) is 0 Å². The number of amides is 1. The van der Waals surface area contributed by atoms with E-state index in [9.17, 15) is 14.0 Å². The van der Waals surface area contributed by atoms with Gasteiger partial charge in [0, 0.05) is 24.1 Å². The number of benzene rings is 2. The maximum absolute atomic E-state index is 13.2. The molecule has 122 valence electrons. The van der Waals surface area contributed by atoms with Crippen molar-refractivity contribution in [1.29, 1.82) is 0 Å². The number of halogens is 1. The van der Waals surface area contributed by atoms with Gasteiger partial charge in [-0.1, -0.05) is 42.2 Å². The van der Waals surface area contributed by atoms with E-state index in [1.807, 2.05) is 30.3 Å². The number of alkyl carbamates (subject to hydrolysis) is 1. The minimum absolute atomic E-state index is 0.204. The van der Waals surface area contributed by atoms with E-state index in [0.29, 0.717) is 24.8 Å². The third-order valence-electron chi connectivity index (χ3n) is 3.02. The first kappa shape index (κ1) is 17.2. The quantitative estimate of drug-likeness (QED) is 0.521. The van der Waals surface area contributed by atoms with E-state index in [0.717, 1.165) is 11.6 Å². The molecule has 1 amide bonds. The predicted molar refractivity (Wildman–Crippen MR) is 87.9 cm³/mol. The van der Waals surface area contributed by atoms with Crippen molar-refractivity contribution in [3.63, 3.8) is 0 Å². The van der Waals surface area contributed by atoms with Crippen LogP contribution in [0.2, 0.25) is 0 Å². The molecule has 24 heavy (non-hydrogen) atoms. The van der Waals surface area contributed by atoms with Crippen LogP contribution < -0.4 is 5.32 Å². The first-order valence-corrected chi connectivity index (χ1v) is 7.36. The van der Waals surface area contributed by atoms with Gasteiger partial charge in [0.2, 0.25) is 0 Å². The van der Waals surface area contributed by atoms with Gasteiger partial charge in [-0.15, -0.1) is 0 Å². The number of hydrogen-bond acceptors (Lipinski definition) is 3. The summed E-state index contributed by atoms with van der Waals surface area (Å²) in [6, 6.07) is 13.3. The van der Waals surface area contributed by atoms with E-state index in [1.54, 1.807) is 0 Å². The zero-order valence-electron chi connectivity index (χ0n) is 12.9. The zero-order valence-corrected chi connectivity index (χ0v) is 12.9. The highest BCUT2D eigenvalue weighted by Gasteiger charge is 2.01. The molecule has 0 spiro atoms. The molecular weight excluding hydrogens is 309 g/mol. The largest absolute Gasteiger partial charge is 0.445 e. The predicted octanol–water partition coefficient (Wildman–Crippen LogP) is 3.31. The summed E-state index contributed by atoms with van der Waals surface area (Å²) >= 11 is 0. The van der Waals surface area contributed by atoms with Crippen molar-refractivity contribution in [3.8, 4) is 11.8 Å². The highest BCUT2D eigenvalue weighted by Crippen LogP contribution is 2.06. The second-order valence-electron chi connectivity index (χ2n) is 4.93. The normalized spacial score (nSPS) is 9.54. The molecule has 0 saturated carbocycles. The topological polar surface area (TPSA) is 55.4 Å². The van der Waals surface area contributed by atoms with Gasteiger partial charge in [-0.25, -0.2) is 9.18 Å². The Balaban J connectivity index is 1.72. The Morgan fingerprint density at radius 3 is 2.75 bits per heavy atom. The average Bonchev–Trinajstić information content (AvgIpc) is 2.60. The first-order valence-electron chi connectivity index (χ1n) is 7.36. The van der Waals surface area contributed by atoms with E-state index in [2.05, 4.69) is 17.2 Å². The van der Waals surface area contributed by atoms with E-state index in [4.69, 9.17) is 4.74 Å². The summed E-state index contributed by atoms with van der Waals surface area (Å²) in [6.07, 6.45) is 0.431. The standard InChI is InChI=1S/C19H16FNO3/c20-18-11-16(10-17(12-18)13-22)8-4-5-9-21-19(23)24-14-15-6-2-1-3-7-15/h1-3,6-7,10-13H,5,9,14H2,(H,21,23). The van der Waals surface area contributed by atoms with Crippen LogP contribution in [0.25, 0.3) is 0 Å². The number of aldehydes is 1. The van der Waals surface area contributed by atoms with Crippen molar-refractivity contribution in [3.05, 3.63) is 71.0 Å². The number of hydrogen-bond donors (Lipinski definition) is 1. The van der Waals surface area contributed by atoms with Gasteiger partial charge in [0.1, 0.15) is 18.7 Å². The van der Waals surface area contributed by atoms with Crippen molar-refractivity contribution in [2.75, 3.05) is 6.54 Å². The van der Waals surface area contributed by atoms with E-state index in [-0.39, 0.29) is 12.2 Å². The number of carbonyl (C=O) groups excluding carboxylic acids is 2. The van der Waals surface area contributed by atoms with Gasteiger partial charge in [-0.2, -0.15) is 0 Å². The molecular formula is C19H16FNO3. The average molecular weight is 325 g/mol. The van der Waals surface area contributed by atoms with Gasteiger partial charge in [-0.3, -0.25) is 4.79 Å². The fraction of sp³-hybridized carbons (Fsp3) is 0.158. The zero-order chi connectivity index (χ0) is 17.2. The van der Waals surface area contributed by atoms with Crippen LogP contribution in [-0.4, -0.2) is 18.9 Å². The van der Waals surface area contributed by atoms with Crippen molar-refractivity contribution in [2.24, 2.45) is 0 Å². The molecule has 1 N–H and O–H groups in total. The SMILES string of the molecule is O=Cc1cc(F)cc(C#CCCNC(=O)OCc2ccccc2)c1. The first-order chi connectivity index (χ1) is 11.7. The maximum atomic E-state index is 13.2. The maximum Gasteiger partial charge on any atom is 0.407 e. The number of rotatable bonds is 5. The third-order valence-corrected chi connectivity index (χ3v) is 3.02. The van der Waals surface area contributed by atoms with Gasteiger partial charge >= 0.3 is 6.09 Å². The smallest absolute Gasteiger partial charge is 0.407 e. The van der Waals surface area contributed by atoms with Crippen LogP contribution in [-0.2, 0) is 11.3 Å². The Bertz CT molecular complexity index is 763. The molecule has 0 unspecified atom stereocenters. The van der Waals surface area contributed by atoms with Crippen molar-refractivity contribution in [2.45, 2.75) is 13.0 Å². The monoisotopic (exact) mass is 325 g/mol. The second kappa shape index (κ2) is 9.11. The summed E-state index contributed by atoms with van der Waals surface area (Å²) in [5.74, 6) is 5.05. The lowest BCUT2D eigenvalue weighted by atomic mass is 10.1. The van der Waals surface area contributed by atoms with E-state index in [1.165, 1.54) is 12.1 Å². The Hall–Kier alpha value is -3.13. The lowest BCUT2D eigenvalue weighted by molar-refractivity contribution is 0.112. The van der Waals surface area contributed by atoms with Gasteiger partial charge in [0.05, 0.1) is 0 Å². The molecule has 0 atom stereocenters. The molecule has 0 aliphatic heterocycles. The minimum atomic E-state index is -0.519. The molecule has 2 aromatic rings. The van der Waals surface area contributed by atoms with E-state index >= 15 is 0 Å². The molecule has 0 aliphatic carbocycles. The Labute approximate surface area is 139 Å². The third kappa shape index (κ3) is 5.93. The molecule has 0 radical (unpaired) electrons. The molecule has 0 saturated heterocycles. The summed E-state index contributed by atoms with van der Waals surface area (Å²) in [4.78, 5) is 22.2. The molecule has 2 rings (SSSR count). The van der Waals surface area contributed by atoms with Crippen LogP contribution >= 0.6 is 0 Å². The summed E-state index contributed by atoms with van der Waals surface area (Å²) in [5.41, 5.74) is 1.56. The summed E-state index contributed by atoms with van der Waals surface area (Å²) in [6.45, 7) is 0.520. The Kier molecular flexibility index (Phi) is 6.54. The lowest BCUT2D eigenvalue weighted by Crippen LogP contribution is -2.24. The molecule has 4 nitrogen and oxygen atoms in total. The second-order valence-corrected chi connectivity index (χ2v) is 4.93. The molecule has 0 aliphatic rings. The molecule has 2 aromatic carbocycles. The number of carbonyl (C=O) groups is 2. The number of ether oxygens (including phenoxy) is 1. The van der Waals surface area contributed by atoms with Crippen LogP contribution in [0.15, 0.2) is 48.5 Å². The highest BCUT2D eigenvalue weighted by molar-refractivity contribution is 5.75. The van der Waals surface area contributed by atoms with Gasteiger partial charge < -0.3 is 10.1 Å². The van der Waals surface area contributed by atoms with Crippen LogP contribution in [0.5, 0.6) is 0 Å². The summed E-state index contributed by atoms with van der Waals surface area (Å²) < 4.78 is 18.3. The molecule has 0 aromatic heterocycles. The van der Waals surface area contributed by atoms with Crippen LogP contribution in [0.1, 0.15) is 27.9 Å². The van der Waals surface area contributed by atoms with Crippen LogP contribution in [0.3, 0.4) is 0 Å². The lowest BCUT2D eigenvalue weighted by Gasteiger charge is -2.05. The Morgan fingerprint density at radius 2 is 2.00 bits per heavy atom. The summed E-state index contributed by atoms with van der Waals surface area (Å²) in [7, 11) is 0. The molecule has 5 heteroatoms. The van der Waals surface area contributed by atoms with Crippen LogP contribution in [0, 0.1) is 17.7 Å². The van der Waals surface area contributed by atoms with Crippen molar-refractivity contribution in [1.82, 2.24) is 5.32 Å². The molecule has 0 fully saturated rings. The van der Waals surface area contributed by atoms with Crippen molar-refractivity contribution < 1.29 is 18.7 Å². The molecule has 0 bridgehead atoms. The summed E-state index contributed by atoms with van der Waals surface area (Å²) in [5, 5.41) is 2.58. The van der Waals surface area contributed by atoms with Gasteiger partial charge in [-0.05, 0) is 23.8 Å². The number of nitrogens with one attached hydrogen (secondary N) is 1. The highest BCUT2D eigenvalue weighted by atomic mass is 19.1. The fourth-order valence-electron chi connectivity index (χ4n) is 1.92. The van der Waals surface area contributed by atoms with Crippen LogP contribution in [0.4, 0.5) is 9.18 Å². The minimum Gasteiger partial charge on any atom is -0.445 e.